The molecule has 2 rings (SSSR count). The monoisotopic (exact) mass is 379 g/mol. The maximum Gasteiger partial charge on any atom is 0 e. The van der Waals surface area contributed by atoms with E-state index in [-0.39, 0.29) is 60.2 Å². The van der Waals surface area contributed by atoms with Crippen LogP contribution in [0.25, 0.3) is 10.8 Å². The van der Waals surface area contributed by atoms with Gasteiger partial charge in [-0.2, -0.15) is 12.1 Å². The predicted octanol–water partition coefficient (Wildman–Crippen LogP) is 4.02. The first-order valence-electron chi connectivity index (χ1n) is 3.49. The van der Waals surface area contributed by atoms with Gasteiger partial charge in [0.25, 0.3) is 0 Å². The third kappa shape index (κ3) is 3.38. The predicted molar refractivity (Wildman–Crippen MR) is 64.9 cm³/mol. The summed E-state index contributed by atoms with van der Waals surface area (Å²) in [5.41, 5.74) is 1.37. The quantitative estimate of drug-likeness (QED) is 0.604. The molecule has 0 radical (unpaired) electrons. The molecular weight excluding hydrogens is 371 g/mol. The van der Waals surface area contributed by atoms with Gasteiger partial charge in [0.05, 0.1) is 0 Å². The van der Waals surface area contributed by atoms with E-state index in [4.69, 9.17) is 0 Å². The van der Waals surface area contributed by atoms with Crippen LogP contribution in [0.1, 0.15) is 5.56 Å². The van der Waals surface area contributed by atoms with Gasteiger partial charge >= 0.3 is 0 Å². The van der Waals surface area contributed by atoms with Crippen LogP contribution in [0, 0.1) is 6.92 Å². The molecule has 0 saturated heterocycles. The molecular formula is C10H11Br2Zr-. The van der Waals surface area contributed by atoms with Crippen LogP contribution < -0.4 is 0 Å². The van der Waals surface area contributed by atoms with Crippen molar-refractivity contribution in [1.82, 2.24) is 0 Å². The van der Waals surface area contributed by atoms with Gasteiger partial charge < -0.3 is 0 Å². The van der Waals surface area contributed by atoms with Gasteiger partial charge in [-0.25, -0.2) is 0 Å². The normalized spacial score (nSPS) is 8.08. The Balaban J connectivity index is 0. The van der Waals surface area contributed by atoms with E-state index in [1.807, 2.05) is 0 Å². The third-order valence-electron chi connectivity index (χ3n) is 1.90. The van der Waals surface area contributed by atoms with Gasteiger partial charge in [0.15, 0.2) is 0 Å². The Hall–Kier alpha value is 0.673. The molecule has 0 heterocycles. The zero-order valence-electron chi connectivity index (χ0n) is 7.28. The SMILES string of the molecule is Br.Br.C[c-]1ccc2ccccc21.[Zr]. The summed E-state index contributed by atoms with van der Waals surface area (Å²) in [4.78, 5) is 0. The van der Waals surface area contributed by atoms with Crippen LogP contribution in [0.3, 0.4) is 0 Å². The van der Waals surface area contributed by atoms with Crippen molar-refractivity contribution in [3.05, 3.63) is 42.0 Å². The summed E-state index contributed by atoms with van der Waals surface area (Å²) in [5.74, 6) is 0. The Morgan fingerprint density at radius 2 is 1.62 bits per heavy atom. The topological polar surface area (TPSA) is 0 Å². The van der Waals surface area contributed by atoms with E-state index in [0.717, 1.165) is 0 Å². The molecule has 0 saturated carbocycles. The van der Waals surface area contributed by atoms with Crippen LogP contribution in [-0.4, -0.2) is 0 Å². The third-order valence-corrected chi connectivity index (χ3v) is 1.90. The van der Waals surface area contributed by atoms with Gasteiger partial charge in [-0.05, 0) is 0 Å². The van der Waals surface area contributed by atoms with E-state index in [0.29, 0.717) is 0 Å². The van der Waals surface area contributed by atoms with E-state index in [1.54, 1.807) is 0 Å². The molecule has 2 aromatic carbocycles. The molecule has 0 bridgehead atoms. The molecule has 0 unspecified atom stereocenters. The molecule has 13 heavy (non-hydrogen) atoms. The van der Waals surface area contributed by atoms with Crippen LogP contribution in [0.2, 0.25) is 0 Å². The Bertz CT molecular complexity index is 354. The largest absolute Gasteiger partial charge is 0.168 e. The Morgan fingerprint density at radius 1 is 1.00 bits per heavy atom. The minimum absolute atomic E-state index is 0. The van der Waals surface area contributed by atoms with Gasteiger partial charge in [0.2, 0.25) is 0 Å². The van der Waals surface area contributed by atoms with Crippen molar-refractivity contribution < 1.29 is 26.2 Å². The fraction of sp³-hybridized carbons (Fsp3) is 0.100. The average molecular weight is 382 g/mol. The first kappa shape index (κ1) is 16.1. The molecule has 2 aromatic rings. The van der Waals surface area contributed by atoms with E-state index in [1.165, 1.54) is 16.3 Å². The molecule has 0 spiro atoms. The zero-order chi connectivity index (χ0) is 6.97. The van der Waals surface area contributed by atoms with Gasteiger partial charge in [0.1, 0.15) is 0 Å². The molecule has 0 aliphatic carbocycles. The second-order valence-corrected chi connectivity index (χ2v) is 2.60. The number of benzene rings is 1. The first-order valence-corrected chi connectivity index (χ1v) is 3.49. The Labute approximate surface area is 119 Å². The summed E-state index contributed by atoms with van der Waals surface area (Å²) >= 11 is 0. The zero-order valence-corrected chi connectivity index (χ0v) is 13.2. The number of hydrogen-bond acceptors (Lipinski definition) is 0. The molecule has 0 N–H and O–H groups in total. The standard InChI is InChI=1S/C10H9.2BrH.Zr/c1-8-6-7-9-4-2-3-5-10(8)9;;;/h2-7H,1H3;2*1H;/q-1;;;. The smallest absolute Gasteiger partial charge is 0 e. The van der Waals surface area contributed by atoms with E-state index >= 15 is 0 Å². The van der Waals surface area contributed by atoms with Crippen molar-refractivity contribution >= 4 is 44.7 Å². The van der Waals surface area contributed by atoms with E-state index < -0.39 is 0 Å². The van der Waals surface area contributed by atoms with Crippen LogP contribution in [-0.2, 0) is 26.2 Å². The molecule has 0 aliphatic heterocycles. The summed E-state index contributed by atoms with van der Waals surface area (Å²) in [6.07, 6.45) is 0. The molecule has 0 nitrogen and oxygen atoms in total. The van der Waals surface area contributed by atoms with Gasteiger partial charge in [-0.3, -0.25) is 0 Å². The molecule has 70 valence electrons. The Kier molecular flexibility index (Phi) is 8.71. The second kappa shape index (κ2) is 7.03. The van der Waals surface area contributed by atoms with Crippen molar-refractivity contribution in [2.24, 2.45) is 0 Å². The van der Waals surface area contributed by atoms with Crippen LogP contribution in [0.4, 0.5) is 0 Å². The molecule has 3 heteroatoms. The fourth-order valence-electron chi connectivity index (χ4n) is 1.31. The summed E-state index contributed by atoms with van der Waals surface area (Å²) in [7, 11) is 0. The van der Waals surface area contributed by atoms with Gasteiger partial charge in [-0.1, -0.05) is 13.0 Å². The van der Waals surface area contributed by atoms with Crippen LogP contribution in [0.15, 0.2) is 36.4 Å². The number of hydrogen-bond donors (Lipinski definition) is 0. The molecule has 0 amide bonds. The van der Waals surface area contributed by atoms with Gasteiger partial charge in [-0.15, -0.1) is 68.5 Å². The number of aryl methyl sites for hydroxylation is 1. The number of halogens is 2. The molecule has 0 aromatic heterocycles. The summed E-state index contributed by atoms with van der Waals surface area (Å²) in [6.45, 7) is 2.14. The van der Waals surface area contributed by atoms with E-state index in [9.17, 15) is 0 Å². The summed E-state index contributed by atoms with van der Waals surface area (Å²) in [5, 5.41) is 2.72. The van der Waals surface area contributed by atoms with Crippen LogP contribution in [0.5, 0.6) is 0 Å². The second-order valence-electron chi connectivity index (χ2n) is 2.60. The molecule has 0 atom stereocenters. The van der Waals surface area contributed by atoms with Gasteiger partial charge in [0, 0.05) is 26.2 Å². The van der Waals surface area contributed by atoms with Crippen molar-refractivity contribution in [2.75, 3.05) is 0 Å². The van der Waals surface area contributed by atoms with Crippen molar-refractivity contribution in [2.45, 2.75) is 6.92 Å². The first-order chi connectivity index (χ1) is 4.88. The average Bonchev–Trinajstić information content (AvgIpc) is 2.34. The van der Waals surface area contributed by atoms with Crippen molar-refractivity contribution in [3.8, 4) is 0 Å². The molecule has 0 aliphatic rings. The maximum absolute atomic E-state index is 2.16. The van der Waals surface area contributed by atoms with Crippen molar-refractivity contribution in [3.63, 3.8) is 0 Å². The summed E-state index contributed by atoms with van der Waals surface area (Å²) in [6, 6.07) is 12.8. The number of fused-ring (bicyclic) bond motifs is 1. The minimum atomic E-state index is 0. The number of rotatable bonds is 0. The maximum atomic E-state index is 2.16. The van der Waals surface area contributed by atoms with E-state index in [2.05, 4.69) is 43.3 Å². The molecule has 0 fully saturated rings. The van der Waals surface area contributed by atoms with Crippen LogP contribution >= 0.6 is 34.0 Å². The van der Waals surface area contributed by atoms with Crippen molar-refractivity contribution in [1.29, 1.82) is 0 Å². The Morgan fingerprint density at radius 3 is 2.23 bits per heavy atom. The minimum Gasteiger partial charge on any atom is -0.168 e. The summed E-state index contributed by atoms with van der Waals surface area (Å²) < 4.78 is 0. The fourth-order valence-corrected chi connectivity index (χ4v) is 1.31.